The van der Waals surface area contributed by atoms with Crippen molar-refractivity contribution in [2.75, 3.05) is 0 Å². The Morgan fingerprint density at radius 1 is 1.38 bits per heavy atom. The minimum absolute atomic E-state index is 0. The summed E-state index contributed by atoms with van der Waals surface area (Å²) >= 11 is 11.1. The largest absolute Gasteiger partial charge is 0.0872 e. The first-order valence-electron chi connectivity index (χ1n) is 2.01. The topological polar surface area (TPSA) is 0 Å². The predicted octanol–water partition coefficient (Wildman–Crippen LogP) is 2.63. The molecule has 0 unspecified atom stereocenters. The van der Waals surface area contributed by atoms with Gasteiger partial charge < -0.3 is 0 Å². The Bertz CT molecular complexity index is 137. The fraction of sp³-hybridized carbons (Fsp3) is 0.200. The normalized spacial score (nSPS) is 16.8. The van der Waals surface area contributed by atoms with E-state index >= 15 is 0 Å². The van der Waals surface area contributed by atoms with Gasteiger partial charge in [-0.2, -0.15) is 0 Å². The molecule has 0 spiro atoms. The molecule has 44 valence electrons. The van der Waals surface area contributed by atoms with Crippen molar-refractivity contribution in [3.63, 3.8) is 0 Å². The zero-order chi connectivity index (χ0) is 5.28. The van der Waals surface area contributed by atoms with E-state index in [4.69, 9.17) is 23.2 Å². The van der Waals surface area contributed by atoms with Gasteiger partial charge in [0, 0.05) is 32.5 Å². The van der Waals surface area contributed by atoms with E-state index < -0.39 is 0 Å². The van der Waals surface area contributed by atoms with Crippen LogP contribution in [0.25, 0.3) is 0 Å². The Morgan fingerprint density at radius 3 is 2.12 bits per heavy atom. The van der Waals surface area contributed by atoms with Gasteiger partial charge in [-0.3, -0.25) is 0 Å². The number of rotatable bonds is 0. The fourth-order valence-electron chi connectivity index (χ4n) is 0.454. The number of hydrogen-bond donors (Lipinski definition) is 0. The van der Waals surface area contributed by atoms with E-state index in [1.165, 1.54) is 0 Å². The van der Waals surface area contributed by atoms with Crippen LogP contribution in [0.15, 0.2) is 22.2 Å². The molecule has 0 heterocycles. The van der Waals surface area contributed by atoms with Crippen molar-refractivity contribution in [2.24, 2.45) is 0 Å². The summed E-state index contributed by atoms with van der Waals surface area (Å²) in [5.41, 5.74) is 0. The van der Waals surface area contributed by atoms with Crippen LogP contribution in [0, 0.1) is 0 Å². The maximum absolute atomic E-state index is 5.55. The Balaban J connectivity index is 0.000000490. The first-order valence-corrected chi connectivity index (χ1v) is 2.77. The average molecular weight is 319 g/mol. The van der Waals surface area contributed by atoms with Crippen molar-refractivity contribution < 1.29 is 21.1 Å². The third kappa shape index (κ3) is 1.93. The minimum atomic E-state index is 0. The first kappa shape index (κ1) is 8.75. The average Bonchev–Trinajstić information content (AvgIpc) is 1.91. The van der Waals surface area contributed by atoms with E-state index in [1.807, 2.05) is 12.2 Å². The van der Waals surface area contributed by atoms with Crippen molar-refractivity contribution in [3.8, 4) is 0 Å². The molecule has 0 fully saturated rings. The van der Waals surface area contributed by atoms with Gasteiger partial charge in [0.2, 0.25) is 0 Å². The van der Waals surface area contributed by atoms with Crippen molar-refractivity contribution in [2.45, 2.75) is 6.42 Å². The molecular weight excluding hydrogens is 315 g/mol. The molecule has 0 atom stereocenters. The fourth-order valence-corrected chi connectivity index (χ4v) is 0.772. The maximum atomic E-state index is 5.55. The SMILES string of the molecule is ClC1=C(Cl)CC=C1.[W]. The molecular formula is C5H4Cl2W. The van der Waals surface area contributed by atoms with Crippen LogP contribution < -0.4 is 0 Å². The molecule has 0 bridgehead atoms. The van der Waals surface area contributed by atoms with Gasteiger partial charge in [-0.25, -0.2) is 0 Å². The van der Waals surface area contributed by atoms with Crippen molar-refractivity contribution >= 4 is 23.2 Å². The Labute approximate surface area is 72.8 Å². The maximum Gasteiger partial charge on any atom is 0.0551 e. The Hall–Kier alpha value is 0.748. The molecule has 0 radical (unpaired) electrons. The molecule has 0 saturated carbocycles. The summed E-state index contributed by atoms with van der Waals surface area (Å²) in [7, 11) is 0. The quantitative estimate of drug-likeness (QED) is 0.644. The van der Waals surface area contributed by atoms with Gasteiger partial charge in [-0.05, 0) is 6.08 Å². The second-order valence-electron chi connectivity index (χ2n) is 1.36. The van der Waals surface area contributed by atoms with Crippen LogP contribution in [0.1, 0.15) is 6.42 Å². The molecule has 0 aromatic heterocycles. The van der Waals surface area contributed by atoms with Crippen LogP contribution in [0.2, 0.25) is 0 Å². The molecule has 0 nitrogen and oxygen atoms in total. The van der Waals surface area contributed by atoms with Gasteiger partial charge >= 0.3 is 0 Å². The van der Waals surface area contributed by atoms with Crippen LogP contribution in [-0.2, 0) is 21.1 Å². The summed E-state index contributed by atoms with van der Waals surface area (Å²) in [6, 6.07) is 0. The van der Waals surface area contributed by atoms with Crippen LogP contribution >= 0.6 is 23.2 Å². The summed E-state index contributed by atoms with van der Waals surface area (Å²) in [6.07, 6.45) is 4.55. The molecule has 3 heteroatoms. The predicted molar refractivity (Wildman–Crippen MR) is 32.5 cm³/mol. The molecule has 8 heavy (non-hydrogen) atoms. The number of allylic oxidation sites excluding steroid dienone is 4. The second kappa shape index (κ2) is 3.71. The Kier molecular flexibility index (Phi) is 4.06. The van der Waals surface area contributed by atoms with Gasteiger partial charge in [0.05, 0.1) is 5.03 Å². The van der Waals surface area contributed by atoms with Crippen LogP contribution in [0.5, 0.6) is 0 Å². The summed E-state index contributed by atoms with van der Waals surface area (Å²) in [6.45, 7) is 0. The zero-order valence-corrected chi connectivity index (χ0v) is 8.47. The van der Waals surface area contributed by atoms with Crippen molar-refractivity contribution in [1.29, 1.82) is 0 Å². The molecule has 0 N–H and O–H groups in total. The van der Waals surface area contributed by atoms with Gasteiger partial charge in [0.15, 0.2) is 0 Å². The molecule has 0 aromatic carbocycles. The first-order chi connectivity index (χ1) is 3.30. The van der Waals surface area contributed by atoms with E-state index in [-0.39, 0.29) is 21.1 Å². The molecule has 0 aliphatic heterocycles. The van der Waals surface area contributed by atoms with E-state index in [9.17, 15) is 0 Å². The number of hydrogen-bond acceptors (Lipinski definition) is 0. The minimum Gasteiger partial charge on any atom is -0.0872 e. The zero-order valence-electron chi connectivity index (χ0n) is 4.03. The number of halogens is 2. The summed E-state index contributed by atoms with van der Waals surface area (Å²) < 4.78 is 0. The van der Waals surface area contributed by atoms with Crippen molar-refractivity contribution in [3.05, 3.63) is 22.2 Å². The van der Waals surface area contributed by atoms with Crippen molar-refractivity contribution in [1.82, 2.24) is 0 Å². The van der Waals surface area contributed by atoms with E-state index in [2.05, 4.69) is 0 Å². The summed E-state index contributed by atoms with van der Waals surface area (Å²) in [5.74, 6) is 0. The standard InChI is InChI=1S/C5H4Cl2.W/c6-4-2-1-3-5(4)7;/h1-2H,3H2;. The molecule has 1 rings (SSSR count). The molecule has 1 aliphatic rings. The smallest absolute Gasteiger partial charge is 0.0551 e. The monoisotopic (exact) mass is 318 g/mol. The van der Waals surface area contributed by atoms with Crippen LogP contribution in [0.3, 0.4) is 0 Å². The third-order valence-corrected chi connectivity index (χ3v) is 1.63. The molecule has 0 saturated heterocycles. The molecule has 0 aromatic rings. The summed E-state index contributed by atoms with van der Waals surface area (Å²) in [4.78, 5) is 0. The van der Waals surface area contributed by atoms with E-state index in [0.717, 1.165) is 11.5 Å². The molecule has 0 amide bonds. The van der Waals surface area contributed by atoms with Gasteiger partial charge in [0.25, 0.3) is 0 Å². The van der Waals surface area contributed by atoms with E-state index in [1.54, 1.807) is 0 Å². The summed E-state index contributed by atoms with van der Waals surface area (Å²) in [5, 5.41) is 1.43. The van der Waals surface area contributed by atoms with Crippen LogP contribution in [-0.4, -0.2) is 0 Å². The molecule has 1 aliphatic carbocycles. The van der Waals surface area contributed by atoms with Gasteiger partial charge in [0.1, 0.15) is 0 Å². The van der Waals surface area contributed by atoms with E-state index in [0.29, 0.717) is 5.03 Å². The third-order valence-electron chi connectivity index (χ3n) is 0.820. The van der Waals surface area contributed by atoms with Gasteiger partial charge in [-0.1, -0.05) is 29.3 Å². The van der Waals surface area contributed by atoms with Crippen LogP contribution in [0.4, 0.5) is 0 Å². The van der Waals surface area contributed by atoms with Gasteiger partial charge in [-0.15, -0.1) is 0 Å². The second-order valence-corrected chi connectivity index (χ2v) is 2.22. The Morgan fingerprint density at radius 2 is 2.00 bits per heavy atom.